The lowest BCUT2D eigenvalue weighted by Crippen LogP contribution is -2.36. The van der Waals surface area contributed by atoms with Gasteiger partial charge in [0.05, 0.1) is 12.5 Å². The highest BCUT2D eigenvalue weighted by Crippen LogP contribution is 2.26. The molecule has 1 saturated heterocycles. The van der Waals surface area contributed by atoms with Gasteiger partial charge in [-0.2, -0.15) is 5.10 Å². The zero-order chi connectivity index (χ0) is 16.2. The number of carbonyl (C=O) groups excluding carboxylic acids is 1. The first kappa shape index (κ1) is 15.5. The molecule has 0 atom stereocenters. The van der Waals surface area contributed by atoms with E-state index < -0.39 is 0 Å². The van der Waals surface area contributed by atoms with Crippen LogP contribution in [-0.4, -0.2) is 40.4 Å². The van der Waals surface area contributed by atoms with E-state index in [4.69, 9.17) is 4.74 Å². The summed E-state index contributed by atoms with van der Waals surface area (Å²) in [6.07, 6.45) is 3.40. The number of benzene rings is 1. The zero-order valence-electron chi connectivity index (χ0n) is 13.6. The number of esters is 1. The van der Waals surface area contributed by atoms with E-state index in [0.29, 0.717) is 6.61 Å². The predicted molar refractivity (Wildman–Crippen MR) is 88.0 cm³/mol. The Morgan fingerprint density at radius 2 is 1.96 bits per heavy atom. The minimum absolute atomic E-state index is 0.0446. The van der Waals surface area contributed by atoms with Crippen LogP contribution in [0.4, 0.5) is 5.69 Å². The van der Waals surface area contributed by atoms with Crippen LogP contribution < -0.4 is 4.90 Å². The number of carbonyl (C=O) groups is 1. The maximum absolute atomic E-state index is 11.8. The van der Waals surface area contributed by atoms with Gasteiger partial charge in [0.25, 0.3) is 0 Å². The van der Waals surface area contributed by atoms with Gasteiger partial charge >= 0.3 is 5.97 Å². The average Bonchev–Trinajstić information content (AvgIpc) is 3.02. The van der Waals surface area contributed by atoms with Crippen molar-refractivity contribution in [3.8, 4) is 11.4 Å². The molecule has 1 fully saturated rings. The number of ether oxygens (including phenoxy) is 1. The van der Waals surface area contributed by atoms with Gasteiger partial charge in [-0.05, 0) is 44.0 Å². The molecular weight excluding hydrogens is 292 g/mol. The summed E-state index contributed by atoms with van der Waals surface area (Å²) in [5, 5.41) is 4.31. The smallest absolute Gasteiger partial charge is 0.309 e. The maximum Gasteiger partial charge on any atom is 0.309 e. The molecular formula is C17H22N4O2. The Hall–Kier alpha value is -2.37. The van der Waals surface area contributed by atoms with Crippen molar-refractivity contribution in [3.63, 3.8) is 0 Å². The fourth-order valence-corrected chi connectivity index (χ4v) is 2.93. The molecule has 122 valence electrons. The van der Waals surface area contributed by atoms with Gasteiger partial charge in [-0.25, -0.2) is 4.98 Å². The zero-order valence-corrected chi connectivity index (χ0v) is 13.6. The summed E-state index contributed by atoms with van der Waals surface area (Å²) < 4.78 is 6.81. The summed E-state index contributed by atoms with van der Waals surface area (Å²) in [6, 6.07) is 8.27. The summed E-state index contributed by atoms with van der Waals surface area (Å²) >= 11 is 0. The van der Waals surface area contributed by atoms with Gasteiger partial charge in [0, 0.05) is 31.4 Å². The van der Waals surface area contributed by atoms with Gasteiger partial charge in [0.2, 0.25) is 0 Å². The lowest BCUT2D eigenvalue weighted by molar-refractivity contribution is -0.148. The van der Waals surface area contributed by atoms with E-state index in [1.54, 1.807) is 11.0 Å². The average molecular weight is 314 g/mol. The summed E-state index contributed by atoms with van der Waals surface area (Å²) in [5.74, 6) is 0.729. The number of hydrogen-bond acceptors (Lipinski definition) is 5. The third-order valence-corrected chi connectivity index (χ3v) is 4.21. The van der Waals surface area contributed by atoms with Crippen molar-refractivity contribution in [2.75, 3.05) is 24.6 Å². The van der Waals surface area contributed by atoms with Crippen LogP contribution in [0.15, 0.2) is 30.6 Å². The molecule has 1 aliphatic heterocycles. The first-order valence-electron chi connectivity index (χ1n) is 8.05. The monoisotopic (exact) mass is 314 g/mol. The molecule has 2 heterocycles. The molecule has 0 spiro atoms. The minimum atomic E-state index is -0.0521. The Morgan fingerprint density at radius 3 is 2.52 bits per heavy atom. The standard InChI is InChI=1S/C17H22N4O2/c1-3-23-17(22)14-8-10-21(11-9-14)15-6-4-13(5-7-15)16-18-12-20(2)19-16/h4-7,12,14H,3,8-11H2,1-2H3. The van der Waals surface area contributed by atoms with Crippen molar-refractivity contribution in [2.24, 2.45) is 13.0 Å². The summed E-state index contributed by atoms with van der Waals surface area (Å²) in [7, 11) is 1.86. The predicted octanol–water partition coefficient (Wildman–Crippen LogP) is 2.26. The third-order valence-electron chi connectivity index (χ3n) is 4.21. The van der Waals surface area contributed by atoms with Crippen molar-refractivity contribution in [1.29, 1.82) is 0 Å². The third kappa shape index (κ3) is 3.52. The largest absolute Gasteiger partial charge is 0.466 e. The quantitative estimate of drug-likeness (QED) is 0.810. The lowest BCUT2D eigenvalue weighted by Gasteiger charge is -2.32. The molecule has 0 bridgehead atoms. The van der Waals surface area contributed by atoms with Crippen LogP contribution >= 0.6 is 0 Å². The van der Waals surface area contributed by atoms with Gasteiger partial charge in [0.15, 0.2) is 5.82 Å². The van der Waals surface area contributed by atoms with E-state index in [9.17, 15) is 4.79 Å². The highest BCUT2D eigenvalue weighted by molar-refractivity contribution is 5.73. The second-order valence-electron chi connectivity index (χ2n) is 5.80. The lowest BCUT2D eigenvalue weighted by atomic mass is 9.96. The van der Waals surface area contributed by atoms with Crippen LogP contribution in [0.1, 0.15) is 19.8 Å². The van der Waals surface area contributed by atoms with E-state index in [1.165, 1.54) is 5.69 Å². The maximum atomic E-state index is 11.8. The topological polar surface area (TPSA) is 60.2 Å². The van der Waals surface area contributed by atoms with Gasteiger partial charge in [-0.1, -0.05) is 0 Å². The molecule has 0 unspecified atom stereocenters. The number of anilines is 1. The highest BCUT2D eigenvalue weighted by atomic mass is 16.5. The molecule has 0 N–H and O–H groups in total. The normalized spacial score (nSPS) is 15.7. The van der Waals surface area contributed by atoms with Crippen molar-refractivity contribution in [2.45, 2.75) is 19.8 Å². The van der Waals surface area contributed by atoms with Crippen molar-refractivity contribution in [3.05, 3.63) is 30.6 Å². The summed E-state index contributed by atoms with van der Waals surface area (Å²) in [4.78, 5) is 18.4. The van der Waals surface area contributed by atoms with E-state index in [-0.39, 0.29) is 11.9 Å². The fourth-order valence-electron chi connectivity index (χ4n) is 2.93. The number of nitrogens with zero attached hydrogens (tertiary/aromatic N) is 4. The molecule has 1 aromatic heterocycles. The van der Waals surface area contributed by atoms with Crippen LogP contribution in [0.5, 0.6) is 0 Å². The Balaban J connectivity index is 1.62. The molecule has 1 aromatic carbocycles. The molecule has 0 radical (unpaired) electrons. The molecule has 6 heteroatoms. The summed E-state index contributed by atoms with van der Waals surface area (Å²) in [6.45, 7) is 4.07. The fraction of sp³-hybridized carbons (Fsp3) is 0.471. The van der Waals surface area contributed by atoms with E-state index in [2.05, 4.69) is 27.1 Å². The van der Waals surface area contributed by atoms with Crippen molar-refractivity contribution < 1.29 is 9.53 Å². The molecule has 6 nitrogen and oxygen atoms in total. The van der Waals surface area contributed by atoms with E-state index >= 15 is 0 Å². The van der Waals surface area contributed by atoms with Crippen molar-refractivity contribution in [1.82, 2.24) is 14.8 Å². The molecule has 3 rings (SSSR count). The van der Waals surface area contributed by atoms with Crippen LogP contribution in [0.3, 0.4) is 0 Å². The SMILES string of the molecule is CCOC(=O)C1CCN(c2ccc(-c3ncn(C)n3)cc2)CC1. The molecule has 23 heavy (non-hydrogen) atoms. The number of rotatable bonds is 4. The molecule has 0 saturated carbocycles. The van der Waals surface area contributed by atoms with E-state index in [0.717, 1.165) is 37.3 Å². The first-order valence-corrected chi connectivity index (χ1v) is 8.05. The highest BCUT2D eigenvalue weighted by Gasteiger charge is 2.26. The Morgan fingerprint density at radius 1 is 1.26 bits per heavy atom. The number of hydrogen-bond donors (Lipinski definition) is 0. The van der Waals surface area contributed by atoms with Crippen LogP contribution in [0.25, 0.3) is 11.4 Å². The summed E-state index contributed by atoms with van der Waals surface area (Å²) in [5.41, 5.74) is 2.18. The van der Waals surface area contributed by atoms with Gasteiger partial charge in [-0.15, -0.1) is 0 Å². The second kappa shape index (κ2) is 6.81. The van der Waals surface area contributed by atoms with Crippen LogP contribution in [0.2, 0.25) is 0 Å². The Bertz CT molecular complexity index is 657. The van der Waals surface area contributed by atoms with Gasteiger partial charge < -0.3 is 9.64 Å². The minimum Gasteiger partial charge on any atom is -0.466 e. The number of aromatic nitrogens is 3. The molecule has 1 aliphatic rings. The number of aryl methyl sites for hydroxylation is 1. The van der Waals surface area contributed by atoms with Gasteiger partial charge in [-0.3, -0.25) is 9.48 Å². The first-order chi connectivity index (χ1) is 11.2. The molecule has 2 aromatic rings. The van der Waals surface area contributed by atoms with Gasteiger partial charge in [0.1, 0.15) is 6.33 Å². The molecule has 0 amide bonds. The Labute approximate surface area is 136 Å². The Kier molecular flexibility index (Phi) is 4.60. The van der Waals surface area contributed by atoms with E-state index in [1.807, 2.05) is 26.1 Å². The van der Waals surface area contributed by atoms with Crippen molar-refractivity contribution >= 4 is 11.7 Å². The number of piperidine rings is 1. The van der Waals surface area contributed by atoms with Crippen LogP contribution in [0, 0.1) is 5.92 Å². The molecule has 0 aliphatic carbocycles. The second-order valence-corrected chi connectivity index (χ2v) is 5.80. The van der Waals surface area contributed by atoms with Crippen LogP contribution in [-0.2, 0) is 16.6 Å².